The molecule has 0 aromatic heterocycles. The van der Waals surface area contributed by atoms with Crippen molar-refractivity contribution in [3.05, 3.63) is 192 Å². The van der Waals surface area contributed by atoms with Gasteiger partial charge in [0.15, 0.2) is 0 Å². The van der Waals surface area contributed by atoms with Gasteiger partial charge in [-0.15, -0.1) is 0 Å². The van der Waals surface area contributed by atoms with Gasteiger partial charge in [0, 0.05) is 11.4 Å². The lowest BCUT2D eigenvalue weighted by molar-refractivity contribution is 0.769. The van der Waals surface area contributed by atoms with Crippen molar-refractivity contribution in [3.63, 3.8) is 0 Å². The van der Waals surface area contributed by atoms with Crippen LogP contribution in [0.1, 0.15) is 22.3 Å². The number of anilines is 2. The second-order valence-electron chi connectivity index (χ2n) is 11.1. The van der Waals surface area contributed by atoms with E-state index in [4.69, 9.17) is 0 Å². The lowest BCUT2D eigenvalue weighted by Crippen LogP contribution is -2.28. The van der Waals surface area contributed by atoms with Crippen LogP contribution in [0, 0.1) is 0 Å². The third-order valence-electron chi connectivity index (χ3n) is 8.71. The molecular weight excluding hydrogens is 506 g/mol. The molecule has 1 aliphatic carbocycles. The summed E-state index contributed by atoms with van der Waals surface area (Å²) in [5.74, 6) is 0. The van der Waals surface area contributed by atoms with Crippen molar-refractivity contribution < 1.29 is 0 Å². The van der Waals surface area contributed by atoms with Crippen molar-refractivity contribution in [1.82, 2.24) is 0 Å². The third kappa shape index (κ3) is 3.86. The van der Waals surface area contributed by atoms with Crippen molar-refractivity contribution in [1.29, 1.82) is 0 Å². The average molecular weight is 536 g/mol. The highest BCUT2D eigenvalue weighted by molar-refractivity contribution is 5.88. The van der Waals surface area contributed by atoms with Crippen LogP contribution in [0.4, 0.5) is 11.4 Å². The summed E-state index contributed by atoms with van der Waals surface area (Å²) in [5.41, 5.74) is 12.0. The molecule has 0 fully saturated rings. The summed E-state index contributed by atoms with van der Waals surface area (Å²) in [6, 6.07) is 61.6. The van der Waals surface area contributed by atoms with Gasteiger partial charge in [0.1, 0.15) is 0 Å². The first-order valence-corrected chi connectivity index (χ1v) is 14.5. The molecular formula is C41H29N. The van der Waals surface area contributed by atoms with E-state index in [2.05, 4.69) is 175 Å². The molecule has 8 rings (SSSR count). The average Bonchev–Trinajstić information content (AvgIpc) is 3.37. The number of hydrogen-bond donors (Lipinski definition) is 1. The van der Waals surface area contributed by atoms with Gasteiger partial charge in [-0.3, -0.25) is 0 Å². The van der Waals surface area contributed by atoms with E-state index in [1.54, 1.807) is 0 Å². The summed E-state index contributed by atoms with van der Waals surface area (Å²) >= 11 is 0. The highest BCUT2D eigenvalue weighted by Gasteiger charge is 2.45. The van der Waals surface area contributed by atoms with E-state index in [0.717, 1.165) is 11.4 Å². The van der Waals surface area contributed by atoms with Crippen LogP contribution in [0.15, 0.2) is 170 Å². The minimum Gasteiger partial charge on any atom is -0.356 e. The molecule has 0 unspecified atom stereocenters. The largest absolute Gasteiger partial charge is 0.356 e. The standard InChI is InChI=1S/C41H29N/c1-2-14-33(15-3-1)41(39-19-8-6-17-37(39)38-18-7-9-20-40(38)41)34-16-10-13-31(27-34)30-21-24-35(25-22-30)42-36-26-23-29-11-4-5-12-32(29)28-36/h1-28,42H. The predicted molar refractivity (Wildman–Crippen MR) is 176 cm³/mol. The van der Waals surface area contributed by atoms with Crippen LogP contribution in [0.2, 0.25) is 0 Å². The number of nitrogens with one attached hydrogen (secondary N) is 1. The molecule has 0 bridgehead atoms. The Hall–Kier alpha value is -5.40. The van der Waals surface area contributed by atoms with Crippen LogP contribution in [-0.4, -0.2) is 0 Å². The zero-order valence-electron chi connectivity index (χ0n) is 23.2. The molecule has 1 aliphatic rings. The van der Waals surface area contributed by atoms with E-state index < -0.39 is 0 Å². The van der Waals surface area contributed by atoms with Gasteiger partial charge in [0.25, 0.3) is 0 Å². The Morgan fingerprint density at radius 2 is 0.952 bits per heavy atom. The van der Waals surface area contributed by atoms with Crippen LogP contribution in [0.25, 0.3) is 33.0 Å². The van der Waals surface area contributed by atoms with Gasteiger partial charge >= 0.3 is 0 Å². The molecule has 7 aromatic rings. The molecule has 0 atom stereocenters. The zero-order valence-corrected chi connectivity index (χ0v) is 23.2. The Kier molecular flexibility index (Phi) is 5.75. The predicted octanol–water partition coefficient (Wildman–Crippen LogP) is 10.6. The van der Waals surface area contributed by atoms with Crippen LogP contribution in [-0.2, 0) is 5.41 Å². The van der Waals surface area contributed by atoms with Gasteiger partial charge in [0.05, 0.1) is 5.41 Å². The maximum Gasteiger partial charge on any atom is 0.0713 e. The van der Waals surface area contributed by atoms with Gasteiger partial charge in [0.2, 0.25) is 0 Å². The monoisotopic (exact) mass is 535 g/mol. The van der Waals surface area contributed by atoms with Crippen LogP contribution in [0.5, 0.6) is 0 Å². The van der Waals surface area contributed by atoms with E-state index in [-0.39, 0.29) is 5.41 Å². The lowest BCUT2D eigenvalue weighted by Gasteiger charge is -2.34. The zero-order chi connectivity index (χ0) is 27.9. The van der Waals surface area contributed by atoms with Crippen molar-refractivity contribution >= 4 is 22.1 Å². The molecule has 1 N–H and O–H groups in total. The van der Waals surface area contributed by atoms with Crippen molar-refractivity contribution in [2.75, 3.05) is 5.32 Å². The van der Waals surface area contributed by atoms with Crippen molar-refractivity contribution in [3.8, 4) is 22.3 Å². The molecule has 1 heteroatoms. The Morgan fingerprint density at radius 3 is 1.69 bits per heavy atom. The first kappa shape index (κ1) is 24.4. The second kappa shape index (κ2) is 9.90. The highest BCUT2D eigenvalue weighted by atomic mass is 14.9. The van der Waals surface area contributed by atoms with E-state index >= 15 is 0 Å². The summed E-state index contributed by atoms with van der Waals surface area (Å²) < 4.78 is 0. The van der Waals surface area contributed by atoms with Crippen molar-refractivity contribution in [2.24, 2.45) is 0 Å². The Bertz CT molecular complexity index is 2010. The minimum absolute atomic E-state index is 0.387. The fourth-order valence-electron chi connectivity index (χ4n) is 6.82. The molecule has 0 amide bonds. The van der Waals surface area contributed by atoms with Gasteiger partial charge in [-0.05, 0) is 85.6 Å². The fourth-order valence-corrected chi connectivity index (χ4v) is 6.82. The van der Waals surface area contributed by atoms with Crippen LogP contribution >= 0.6 is 0 Å². The van der Waals surface area contributed by atoms with Crippen LogP contribution < -0.4 is 5.32 Å². The molecule has 0 radical (unpaired) electrons. The summed E-state index contributed by atoms with van der Waals surface area (Å²) in [6.07, 6.45) is 0. The van der Waals surface area contributed by atoms with E-state index in [0.29, 0.717) is 0 Å². The molecule has 0 aliphatic heterocycles. The molecule has 0 saturated carbocycles. The highest BCUT2D eigenvalue weighted by Crippen LogP contribution is 2.56. The Balaban J connectivity index is 1.21. The quantitative estimate of drug-likeness (QED) is 0.231. The van der Waals surface area contributed by atoms with Crippen LogP contribution in [0.3, 0.4) is 0 Å². The van der Waals surface area contributed by atoms with E-state index in [1.807, 2.05) is 0 Å². The SMILES string of the molecule is c1ccc(C2(c3cccc(-c4ccc(Nc5ccc6ccccc6c5)cc4)c3)c3ccccc3-c3ccccc32)cc1. The smallest absolute Gasteiger partial charge is 0.0713 e. The summed E-state index contributed by atoms with van der Waals surface area (Å²) in [4.78, 5) is 0. The van der Waals surface area contributed by atoms with E-state index in [1.165, 1.54) is 55.3 Å². The fraction of sp³-hybridized carbons (Fsp3) is 0.0244. The summed E-state index contributed by atoms with van der Waals surface area (Å²) in [7, 11) is 0. The lowest BCUT2D eigenvalue weighted by atomic mass is 9.67. The number of fused-ring (bicyclic) bond motifs is 4. The van der Waals surface area contributed by atoms with E-state index in [9.17, 15) is 0 Å². The van der Waals surface area contributed by atoms with Gasteiger partial charge < -0.3 is 5.32 Å². The molecule has 0 spiro atoms. The Morgan fingerprint density at radius 1 is 0.357 bits per heavy atom. The number of rotatable bonds is 5. The first-order chi connectivity index (χ1) is 20.8. The molecule has 42 heavy (non-hydrogen) atoms. The molecule has 0 saturated heterocycles. The summed E-state index contributed by atoms with van der Waals surface area (Å²) in [6.45, 7) is 0. The number of benzene rings is 7. The molecule has 7 aromatic carbocycles. The third-order valence-corrected chi connectivity index (χ3v) is 8.71. The maximum atomic E-state index is 3.58. The van der Waals surface area contributed by atoms with Gasteiger partial charge in [-0.1, -0.05) is 140 Å². The summed E-state index contributed by atoms with van der Waals surface area (Å²) in [5, 5.41) is 6.06. The van der Waals surface area contributed by atoms with Crippen molar-refractivity contribution in [2.45, 2.75) is 5.41 Å². The molecule has 198 valence electrons. The maximum absolute atomic E-state index is 3.58. The minimum atomic E-state index is -0.387. The molecule has 0 heterocycles. The molecule has 1 nitrogen and oxygen atoms in total. The Labute approximate surface area is 246 Å². The second-order valence-corrected chi connectivity index (χ2v) is 11.1. The van der Waals surface area contributed by atoms with Gasteiger partial charge in [-0.25, -0.2) is 0 Å². The topological polar surface area (TPSA) is 12.0 Å². The number of hydrogen-bond acceptors (Lipinski definition) is 1. The van der Waals surface area contributed by atoms with Gasteiger partial charge in [-0.2, -0.15) is 0 Å². The first-order valence-electron chi connectivity index (χ1n) is 14.5. The normalized spacial score (nSPS) is 13.0.